The number of aromatic nitrogens is 2. The van der Waals surface area contributed by atoms with Crippen LogP contribution in [0.4, 0.5) is 5.69 Å². The number of benzene rings is 2. The summed E-state index contributed by atoms with van der Waals surface area (Å²) in [6.07, 6.45) is 3.63. The SMILES string of the molecule is Cc1cc(C)cc(-n2ccnc2SCC(=O)c2ccc3c(c2)NC(=O)CO3)c1. The van der Waals surface area contributed by atoms with Gasteiger partial charge in [0.1, 0.15) is 5.75 Å². The van der Waals surface area contributed by atoms with Crippen molar-refractivity contribution in [2.75, 3.05) is 17.7 Å². The molecule has 0 aliphatic carbocycles. The first-order valence-electron chi connectivity index (χ1n) is 8.84. The maximum absolute atomic E-state index is 12.7. The topological polar surface area (TPSA) is 73.2 Å². The van der Waals surface area contributed by atoms with Crippen LogP contribution in [0.2, 0.25) is 0 Å². The van der Waals surface area contributed by atoms with Crippen molar-refractivity contribution >= 4 is 29.1 Å². The van der Waals surface area contributed by atoms with E-state index < -0.39 is 0 Å². The third-order valence-corrected chi connectivity index (χ3v) is 5.33. The number of ketones is 1. The van der Waals surface area contributed by atoms with Crippen molar-refractivity contribution in [2.45, 2.75) is 19.0 Å². The van der Waals surface area contributed by atoms with Crippen LogP contribution < -0.4 is 10.1 Å². The average molecular weight is 393 g/mol. The van der Waals surface area contributed by atoms with Crippen molar-refractivity contribution in [3.05, 3.63) is 65.5 Å². The number of thioether (sulfide) groups is 1. The van der Waals surface area contributed by atoms with E-state index in [4.69, 9.17) is 4.74 Å². The lowest BCUT2D eigenvalue weighted by molar-refractivity contribution is -0.118. The number of aryl methyl sites for hydroxylation is 2. The van der Waals surface area contributed by atoms with E-state index in [2.05, 4.69) is 42.3 Å². The van der Waals surface area contributed by atoms with Gasteiger partial charge in [0.25, 0.3) is 5.91 Å². The van der Waals surface area contributed by atoms with Gasteiger partial charge in [0, 0.05) is 23.6 Å². The van der Waals surface area contributed by atoms with E-state index in [0.717, 1.165) is 10.8 Å². The number of imidazole rings is 1. The molecule has 6 nitrogen and oxygen atoms in total. The second-order valence-corrected chi connectivity index (χ2v) is 7.63. The summed E-state index contributed by atoms with van der Waals surface area (Å²) in [6, 6.07) is 11.4. The molecule has 0 bridgehead atoms. The molecular weight excluding hydrogens is 374 g/mol. The first kappa shape index (κ1) is 18.3. The molecule has 0 fully saturated rings. The number of Topliss-reactive ketones (excluding diaryl/α,β-unsaturated/α-hetero) is 1. The molecule has 1 aliphatic rings. The van der Waals surface area contributed by atoms with Gasteiger partial charge in [-0.3, -0.25) is 14.2 Å². The van der Waals surface area contributed by atoms with Crippen LogP contribution in [0.1, 0.15) is 21.5 Å². The fourth-order valence-electron chi connectivity index (χ4n) is 3.15. The first-order valence-corrected chi connectivity index (χ1v) is 9.83. The quantitative estimate of drug-likeness (QED) is 0.527. The minimum Gasteiger partial charge on any atom is -0.482 e. The molecule has 0 saturated heterocycles. The Kier molecular flexibility index (Phi) is 4.92. The molecule has 1 aliphatic heterocycles. The molecule has 142 valence electrons. The van der Waals surface area contributed by atoms with E-state index >= 15 is 0 Å². The number of rotatable bonds is 5. The summed E-state index contributed by atoms with van der Waals surface area (Å²) in [4.78, 5) is 28.5. The molecule has 2 heterocycles. The zero-order chi connectivity index (χ0) is 19.7. The highest BCUT2D eigenvalue weighted by Crippen LogP contribution is 2.29. The third kappa shape index (κ3) is 3.80. The second-order valence-electron chi connectivity index (χ2n) is 6.69. The van der Waals surface area contributed by atoms with Crippen LogP contribution in [-0.2, 0) is 4.79 Å². The van der Waals surface area contributed by atoms with Crippen LogP contribution >= 0.6 is 11.8 Å². The molecule has 0 spiro atoms. The number of nitrogens with one attached hydrogen (secondary N) is 1. The lowest BCUT2D eigenvalue weighted by Gasteiger charge is -2.18. The Bertz CT molecular complexity index is 1050. The predicted molar refractivity (Wildman–Crippen MR) is 109 cm³/mol. The highest BCUT2D eigenvalue weighted by atomic mass is 32.2. The molecule has 3 aromatic rings. The predicted octanol–water partition coefficient (Wildman–Crippen LogP) is 3.80. The molecule has 1 amide bonds. The molecule has 1 aromatic heterocycles. The van der Waals surface area contributed by atoms with Crippen LogP contribution in [0.15, 0.2) is 53.9 Å². The van der Waals surface area contributed by atoms with Crippen molar-refractivity contribution in [2.24, 2.45) is 0 Å². The molecule has 2 aromatic carbocycles. The van der Waals surface area contributed by atoms with Crippen LogP contribution in [0.3, 0.4) is 0 Å². The number of amides is 1. The summed E-state index contributed by atoms with van der Waals surface area (Å²) in [5, 5.41) is 3.48. The standard InChI is InChI=1S/C21H19N3O3S/c1-13-7-14(2)9-16(8-13)24-6-5-22-21(24)28-12-18(25)15-3-4-19-17(10-15)23-20(26)11-27-19/h3-10H,11-12H2,1-2H3,(H,23,26). The molecule has 7 heteroatoms. The maximum Gasteiger partial charge on any atom is 0.262 e. The Balaban J connectivity index is 1.50. The molecule has 0 atom stereocenters. The Morgan fingerprint density at radius 1 is 1.21 bits per heavy atom. The minimum atomic E-state index is -0.220. The maximum atomic E-state index is 12.7. The van der Waals surface area contributed by atoms with E-state index in [9.17, 15) is 9.59 Å². The van der Waals surface area contributed by atoms with Crippen LogP contribution in [0.5, 0.6) is 5.75 Å². The third-order valence-electron chi connectivity index (χ3n) is 4.36. The molecule has 4 rings (SSSR count). The molecule has 0 unspecified atom stereocenters. The summed E-state index contributed by atoms with van der Waals surface area (Å²) in [7, 11) is 0. The van der Waals surface area contributed by atoms with Crippen LogP contribution in [-0.4, -0.2) is 33.6 Å². The van der Waals surface area contributed by atoms with Crippen molar-refractivity contribution in [3.63, 3.8) is 0 Å². The van der Waals surface area contributed by atoms with Crippen molar-refractivity contribution in [1.29, 1.82) is 0 Å². The van der Waals surface area contributed by atoms with E-state index in [1.54, 1.807) is 24.4 Å². The number of hydrogen-bond donors (Lipinski definition) is 1. The zero-order valence-corrected chi connectivity index (χ0v) is 16.4. The number of carbonyl (C=O) groups excluding carboxylic acids is 2. The highest BCUT2D eigenvalue weighted by Gasteiger charge is 2.18. The fourth-order valence-corrected chi connectivity index (χ4v) is 4.02. The van der Waals surface area contributed by atoms with E-state index in [1.165, 1.54) is 22.9 Å². The summed E-state index contributed by atoms with van der Waals surface area (Å²) in [5.74, 6) is 0.564. The fraction of sp³-hybridized carbons (Fsp3) is 0.190. The van der Waals surface area contributed by atoms with Gasteiger partial charge >= 0.3 is 0 Å². The molecule has 0 radical (unpaired) electrons. The van der Waals surface area contributed by atoms with Gasteiger partial charge in [0.05, 0.1) is 11.4 Å². The first-order chi connectivity index (χ1) is 13.5. The van der Waals surface area contributed by atoms with Gasteiger partial charge in [-0.2, -0.15) is 0 Å². The second kappa shape index (κ2) is 7.52. The Morgan fingerprint density at radius 3 is 2.79 bits per heavy atom. The van der Waals surface area contributed by atoms with Gasteiger partial charge in [-0.05, 0) is 55.3 Å². The molecule has 28 heavy (non-hydrogen) atoms. The Labute approximate surface area is 166 Å². The number of hydrogen-bond acceptors (Lipinski definition) is 5. The van der Waals surface area contributed by atoms with E-state index in [-0.39, 0.29) is 24.1 Å². The number of nitrogens with zero attached hydrogens (tertiary/aromatic N) is 2. The van der Waals surface area contributed by atoms with Gasteiger partial charge in [-0.1, -0.05) is 17.8 Å². The lowest BCUT2D eigenvalue weighted by Crippen LogP contribution is -2.25. The zero-order valence-electron chi connectivity index (χ0n) is 15.6. The van der Waals surface area contributed by atoms with Crippen molar-refractivity contribution in [3.8, 4) is 11.4 Å². The number of fused-ring (bicyclic) bond motifs is 1. The molecule has 1 N–H and O–H groups in total. The van der Waals surface area contributed by atoms with E-state index in [1.807, 2.05) is 10.8 Å². The number of ether oxygens (including phenoxy) is 1. The smallest absolute Gasteiger partial charge is 0.262 e. The van der Waals surface area contributed by atoms with Gasteiger partial charge in [0.15, 0.2) is 17.5 Å². The van der Waals surface area contributed by atoms with Crippen LogP contribution in [0.25, 0.3) is 5.69 Å². The summed E-state index contributed by atoms with van der Waals surface area (Å²) in [6.45, 7) is 4.11. The number of carbonyl (C=O) groups is 2. The van der Waals surface area contributed by atoms with Crippen LogP contribution in [0, 0.1) is 13.8 Å². The highest BCUT2D eigenvalue weighted by molar-refractivity contribution is 7.99. The van der Waals surface area contributed by atoms with Crippen molar-refractivity contribution < 1.29 is 14.3 Å². The molecular formula is C21H19N3O3S. The van der Waals surface area contributed by atoms with Gasteiger partial charge in [-0.25, -0.2) is 4.98 Å². The average Bonchev–Trinajstić information content (AvgIpc) is 3.13. The van der Waals surface area contributed by atoms with Gasteiger partial charge < -0.3 is 10.1 Å². The summed E-state index contributed by atoms with van der Waals surface area (Å²) < 4.78 is 7.32. The van der Waals surface area contributed by atoms with Gasteiger partial charge in [-0.15, -0.1) is 0 Å². The number of anilines is 1. The largest absolute Gasteiger partial charge is 0.482 e. The monoisotopic (exact) mass is 393 g/mol. The lowest BCUT2D eigenvalue weighted by atomic mass is 10.1. The Morgan fingerprint density at radius 2 is 2.00 bits per heavy atom. The summed E-state index contributed by atoms with van der Waals surface area (Å²) >= 11 is 1.38. The minimum absolute atomic E-state index is 0.00274. The van der Waals surface area contributed by atoms with E-state index in [0.29, 0.717) is 17.0 Å². The Hall–Kier alpha value is -3.06. The summed E-state index contributed by atoms with van der Waals surface area (Å²) in [5.41, 5.74) is 4.44. The molecule has 0 saturated carbocycles. The van der Waals surface area contributed by atoms with Crippen molar-refractivity contribution in [1.82, 2.24) is 9.55 Å². The van der Waals surface area contributed by atoms with Gasteiger partial charge in [0.2, 0.25) is 0 Å². The normalized spacial score (nSPS) is 12.9.